The Kier molecular flexibility index (Phi) is 6.89. The van der Waals surface area contributed by atoms with Gasteiger partial charge < -0.3 is 9.32 Å². The number of furan rings is 1. The fraction of sp³-hybridized carbons (Fsp3) is 0. The average molecular weight is 671 g/mol. The van der Waals surface area contributed by atoms with E-state index >= 15 is 0 Å². The van der Waals surface area contributed by atoms with Crippen LogP contribution in [0.1, 0.15) is 6.85 Å². The molecule has 0 aliphatic heterocycles. The van der Waals surface area contributed by atoms with Gasteiger partial charge in [-0.1, -0.05) is 164 Å². The summed E-state index contributed by atoms with van der Waals surface area (Å²) in [6, 6.07) is 60.1. The smallest absolute Gasteiger partial charge is 0.143 e. The first-order chi connectivity index (χ1) is 27.9. The Labute approximate surface area is 311 Å². The Balaban J connectivity index is 1.10. The molecule has 0 unspecified atom stereocenters. The monoisotopic (exact) mass is 670 g/mol. The van der Waals surface area contributed by atoms with Crippen LogP contribution in [-0.2, 0) is 0 Å². The molecule has 9 aromatic rings. The normalized spacial score (nSPS) is 12.4. The molecule has 0 N–H and O–H groups in total. The van der Waals surface area contributed by atoms with Crippen LogP contribution in [0.25, 0.3) is 66.8 Å². The van der Waals surface area contributed by atoms with Crippen molar-refractivity contribution in [3.05, 3.63) is 212 Å². The third kappa shape index (κ3) is 6.08. The van der Waals surface area contributed by atoms with Crippen LogP contribution in [0, 0.1) is 0 Å². The van der Waals surface area contributed by atoms with E-state index in [0.717, 1.165) is 56.0 Å². The van der Waals surface area contributed by atoms with Gasteiger partial charge in [0.15, 0.2) is 0 Å². The average Bonchev–Trinajstić information content (AvgIpc) is 3.66. The van der Waals surface area contributed by atoms with E-state index in [-0.39, 0.29) is 29.7 Å². The maximum Gasteiger partial charge on any atom is 0.143 e. The van der Waals surface area contributed by atoms with Gasteiger partial charge in [0, 0.05) is 33.6 Å². The minimum absolute atomic E-state index is 0.115. The molecule has 0 aliphatic carbocycles. The van der Waals surface area contributed by atoms with E-state index in [0.29, 0.717) is 22.3 Å². The highest BCUT2D eigenvalue weighted by Crippen LogP contribution is 2.42. The number of rotatable bonds is 8. The first kappa shape index (κ1) is 26.0. The van der Waals surface area contributed by atoms with Crippen molar-refractivity contribution in [1.82, 2.24) is 0 Å². The van der Waals surface area contributed by atoms with Crippen molar-refractivity contribution in [2.45, 2.75) is 0 Å². The van der Waals surface area contributed by atoms with Crippen LogP contribution < -0.4 is 4.90 Å². The summed E-state index contributed by atoms with van der Waals surface area (Å²) in [6.45, 7) is 0. The summed E-state index contributed by atoms with van der Waals surface area (Å²) in [5.74, 6) is 0.442. The van der Waals surface area contributed by atoms with Gasteiger partial charge in [0.2, 0.25) is 0 Å². The largest absolute Gasteiger partial charge is 0.455 e. The van der Waals surface area contributed by atoms with Crippen LogP contribution in [0.5, 0.6) is 0 Å². The summed E-state index contributed by atoms with van der Waals surface area (Å²) in [6.07, 6.45) is 0. The van der Waals surface area contributed by atoms with Crippen molar-refractivity contribution < 1.29 is 11.3 Å². The van der Waals surface area contributed by atoms with Crippen LogP contribution in [-0.4, -0.2) is 0 Å². The summed E-state index contributed by atoms with van der Waals surface area (Å²) < 4.78 is 48.9. The standard InChI is InChI=1S/C50H35NO/c1-4-13-36(14-5-1)38-23-29-44(30-24-38)51(45-31-25-39(26-32-45)37-15-6-2-7-16-37)46-33-27-40(28-34-46)42-19-12-20-43(35-42)50-49(41-17-8-3-9-18-41)47-21-10-11-22-48(47)52-50/h1-35H/i3D,8D,9D,17D,18D. The molecule has 246 valence electrons. The maximum absolute atomic E-state index is 8.78. The molecule has 52 heavy (non-hydrogen) atoms. The molecule has 1 heterocycles. The van der Waals surface area contributed by atoms with Crippen LogP contribution in [0.4, 0.5) is 17.1 Å². The van der Waals surface area contributed by atoms with E-state index in [1.54, 1.807) is 0 Å². The first-order valence-corrected chi connectivity index (χ1v) is 17.3. The van der Waals surface area contributed by atoms with E-state index in [4.69, 9.17) is 11.3 Å². The lowest BCUT2D eigenvalue weighted by molar-refractivity contribution is 0.632. The van der Waals surface area contributed by atoms with Crippen LogP contribution in [0.15, 0.2) is 217 Å². The highest BCUT2D eigenvalue weighted by Gasteiger charge is 2.18. The zero-order valence-electron chi connectivity index (χ0n) is 33.2. The van der Waals surface area contributed by atoms with Crippen LogP contribution in [0.2, 0.25) is 0 Å². The SMILES string of the molecule is [2H]c1c([2H])c([2H])c(-c2c(-c3cccc(-c4ccc(N(c5ccc(-c6ccccc6)cc5)c5ccc(-c6ccccc6)cc5)cc4)c3)oc3ccccc23)c([2H])c1[2H]. The van der Waals surface area contributed by atoms with Crippen molar-refractivity contribution in [1.29, 1.82) is 0 Å². The Morgan fingerprint density at radius 1 is 0.365 bits per heavy atom. The molecule has 2 heteroatoms. The Morgan fingerprint density at radius 2 is 0.808 bits per heavy atom. The molecule has 2 nitrogen and oxygen atoms in total. The van der Waals surface area contributed by atoms with Gasteiger partial charge in [-0.15, -0.1) is 0 Å². The fourth-order valence-corrected chi connectivity index (χ4v) is 6.83. The second-order valence-corrected chi connectivity index (χ2v) is 12.6. The molecule has 0 amide bonds. The van der Waals surface area contributed by atoms with Crippen molar-refractivity contribution in [3.63, 3.8) is 0 Å². The third-order valence-corrected chi connectivity index (χ3v) is 9.39. The zero-order chi connectivity index (χ0) is 39.0. The highest BCUT2D eigenvalue weighted by atomic mass is 16.3. The molecule has 0 saturated heterocycles. The van der Waals surface area contributed by atoms with Crippen molar-refractivity contribution in [2.24, 2.45) is 0 Å². The third-order valence-electron chi connectivity index (χ3n) is 9.39. The summed E-state index contributed by atoms with van der Waals surface area (Å²) >= 11 is 0. The van der Waals surface area contributed by atoms with Crippen molar-refractivity contribution in [3.8, 4) is 55.8 Å². The molecule has 0 bridgehead atoms. The number of fused-ring (bicyclic) bond motifs is 1. The summed E-state index contributed by atoms with van der Waals surface area (Å²) in [4.78, 5) is 2.25. The van der Waals surface area contributed by atoms with Gasteiger partial charge in [0.25, 0.3) is 0 Å². The second-order valence-electron chi connectivity index (χ2n) is 12.6. The minimum atomic E-state index is -0.430. The molecule has 0 atom stereocenters. The van der Waals surface area contributed by atoms with Gasteiger partial charge in [-0.2, -0.15) is 0 Å². The van der Waals surface area contributed by atoms with Gasteiger partial charge in [0.1, 0.15) is 11.3 Å². The van der Waals surface area contributed by atoms with Gasteiger partial charge in [-0.25, -0.2) is 0 Å². The minimum Gasteiger partial charge on any atom is -0.455 e. The van der Waals surface area contributed by atoms with E-state index in [2.05, 4.69) is 126 Å². The lowest BCUT2D eigenvalue weighted by Gasteiger charge is -2.26. The zero-order valence-corrected chi connectivity index (χ0v) is 28.2. The lowest BCUT2D eigenvalue weighted by Crippen LogP contribution is -2.09. The highest BCUT2D eigenvalue weighted by molar-refractivity contribution is 6.02. The quantitative estimate of drug-likeness (QED) is 0.160. The molecule has 0 saturated carbocycles. The molecular weight excluding hydrogens is 631 g/mol. The fourth-order valence-electron chi connectivity index (χ4n) is 6.83. The molecule has 1 aromatic heterocycles. The number of nitrogens with zero attached hydrogens (tertiary/aromatic N) is 1. The predicted molar refractivity (Wildman–Crippen MR) is 218 cm³/mol. The topological polar surface area (TPSA) is 16.4 Å². The molecule has 0 spiro atoms. The van der Waals surface area contributed by atoms with E-state index in [9.17, 15) is 0 Å². The number of hydrogen-bond acceptors (Lipinski definition) is 2. The summed E-state index contributed by atoms with van der Waals surface area (Å²) in [5.41, 5.74) is 11.5. The Bertz CT molecular complexity index is 2760. The van der Waals surface area contributed by atoms with Crippen molar-refractivity contribution >= 4 is 28.0 Å². The van der Waals surface area contributed by atoms with Crippen LogP contribution >= 0.6 is 0 Å². The molecule has 0 radical (unpaired) electrons. The first-order valence-electron chi connectivity index (χ1n) is 19.8. The molecular formula is C50H35NO. The predicted octanol–water partition coefficient (Wildman–Crippen LogP) is 14.2. The lowest BCUT2D eigenvalue weighted by atomic mass is 9.96. The van der Waals surface area contributed by atoms with E-state index < -0.39 is 6.04 Å². The molecule has 0 fully saturated rings. The number of hydrogen-bond donors (Lipinski definition) is 0. The Hall–Kier alpha value is -6.90. The summed E-state index contributed by atoms with van der Waals surface area (Å²) in [7, 11) is 0. The number of anilines is 3. The van der Waals surface area contributed by atoms with Gasteiger partial charge >= 0.3 is 0 Å². The summed E-state index contributed by atoms with van der Waals surface area (Å²) in [5, 5.41) is 0.675. The van der Waals surface area contributed by atoms with Crippen LogP contribution in [0.3, 0.4) is 0 Å². The van der Waals surface area contributed by atoms with Gasteiger partial charge in [0.05, 0.1) is 6.85 Å². The molecule has 9 rings (SSSR count). The maximum atomic E-state index is 8.78. The molecule has 0 aliphatic rings. The Morgan fingerprint density at radius 3 is 1.37 bits per heavy atom. The second kappa shape index (κ2) is 13.8. The van der Waals surface area contributed by atoms with E-state index in [1.807, 2.05) is 60.7 Å². The van der Waals surface area contributed by atoms with E-state index in [1.165, 1.54) is 0 Å². The number of para-hydroxylation sites is 1. The van der Waals surface area contributed by atoms with Crippen molar-refractivity contribution in [2.75, 3.05) is 4.90 Å². The molecule has 8 aromatic carbocycles. The van der Waals surface area contributed by atoms with Gasteiger partial charge in [-0.3, -0.25) is 0 Å². The number of benzene rings is 8. The van der Waals surface area contributed by atoms with Gasteiger partial charge in [-0.05, 0) is 87.5 Å².